The zero-order valence-corrected chi connectivity index (χ0v) is 11.1. The van der Waals surface area contributed by atoms with Crippen LogP contribution in [0.5, 0.6) is 0 Å². The summed E-state index contributed by atoms with van der Waals surface area (Å²) in [6.07, 6.45) is -2.26. The van der Waals surface area contributed by atoms with Gasteiger partial charge < -0.3 is 33.9 Å². The van der Waals surface area contributed by atoms with Crippen molar-refractivity contribution in [1.82, 2.24) is 0 Å². The predicted octanol–water partition coefficient (Wildman–Crippen LogP) is -1.10. The molecule has 0 spiro atoms. The van der Waals surface area contributed by atoms with Gasteiger partial charge in [-0.3, -0.25) is 0 Å². The third-order valence-electron chi connectivity index (χ3n) is 2.76. The van der Waals surface area contributed by atoms with Gasteiger partial charge >= 0.3 is 0 Å². The van der Waals surface area contributed by atoms with Crippen LogP contribution in [0, 0.1) is 0 Å². The van der Waals surface area contributed by atoms with Crippen LogP contribution in [0.2, 0.25) is 0 Å². The van der Waals surface area contributed by atoms with Gasteiger partial charge in [-0.2, -0.15) is 0 Å². The molecule has 4 unspecified atom stereocenters. The summed E-state index contributed by atoms with van der Waals surface area (Å²) in [7, 11) is 0. The van der Waals surface area contributed by atoms with E-state index in [9.17, 15) is 10.2 Å². The highest BCUT2D eigenvalue weighted by Gasteiger charge is 2.26. The van der Waals surface area contributed by atoms with Gasteiger partial charge in [0.1, 0.15) is 24.4 Å². The molecule has 112 valence electrons. The molecular weight excluding hydrogens is 256 g/mol. The van der Waals surface area contributed by atoms with E-state index in [1.807, 2.05) is 0 Å². The number of aliphatic hydroxyl groups is 2. The van der Waals surface area contributed by atoms with Gasteiger partial charge in [-0.25, -0.2) is 0 Å². The molecule has 2 rings (SSSR count). The molecule has 0 aliphatic carbocycles. The van der Waals surface area contributed by atoms with Crippen molar-refractivity contribution in [3.8, 4) is 0 Å². The van der Waals surface area contributed by atoms with Crippen molar-refractivity contribution in [2.75, 3.05) is 39.6 Å². The Balaban J connectivity index is 1.62. The number of rotatable bonds is 11. The first-order chi connectivity index (χ1) is 9.15. The lowest BCUT2D eigenvalue weighted by Gasteiger charge is -2.23. The summed E-state index contributed by atoms with van der Waals surface area (Å²) < 4.78 is 26.2. The Morgan fingerprint density at radius 3 is 1.89 bits per heavy atom. The molecule has 0 bridgehead atoms. The second-order valence-corrected chi connectivity index (χ2v) is 4.87. The van der Waals surface area contributed by atoms with Crippen molar-refractivity contribution in [2.45, 2.75) is 37.6 Å². The topological polar surface area (TPSA) is 93.2 Å². The molecule has 7 heteroatoms. The van der Waals surface area contributed by atoms with Crippen LogP contribution in [0.25, 0.3) is 0 Å². The van der Waals surface area contributed by atoms with Crippen LogP contribution in [-0.2, 0) is 23.7 Å². The highest BCUT2D eigenvalue weighted by molar-refractivity contribution is 4.70. The Labute approximate surface area is 112 Å². The van der Waals surface area contributed by atoms with Gasteiger partial charge in [-0.05, 0) is 6.92 Å². The summed E-state index contributed by atoms with van der Waals surface area (Å²) in [6.45, 7) is 4.52. The molecule has 19 heavy (non-hydrogen) atoms. The van der Waals surface area contributed by atoms with E-state index in [0.29, 0.717) is 13.2 Å². The minimum absolute atomic E-state index is 0.183. The van der Waals surface area contributed by atoms with Crippen molar-refractivity contribution >= 4 is 0 Å². The van der Waals surface area contributed by atoms with E-state index in [4.69, 9.17) is 23.7 Å². The first-order valence-electron chi connectivity index (χ1n) is 6.55. The first-order valence-corrected chi connectivity index (χ1v) is 6.55. The van der Waals surface area contributed by atoms with E-state index < -0.39 is 18.5 Å². The molecule has 4 atom stereocenters. The van der Waals surface area contributed by atoms with E-state index in [2.05, 4.69) is 0 Å². The van der Waals surface area contributed by atoms with E-state index in [-0.39, 0.29) is 25.4 Å². The minimum Gasteiger partial charge on any atom is -0.388 e. The molecule has 2 fully saturated rings. The van der Waals surface area contributed by atoms with Crippen LogP contribution < -0.4 is 0 Å². The molecule has 0 aromatic carbocycles. The van der Waals surface area contributed by atoms with E-state index in [1.165, 1.54) is 6.92 Å². The quantitative estimate of drug-likeness (QED) is 0.366. The summed E-state index contributed by atoms with van der Waals surface area (Å²) in [5.74, 6) is 0. The second-order valence-electron chi connectivity index (χ2n) is 4.87. The molecule has 2 aliphatic rings. The van der Waals surface area contributed by atoms with Crippen LogP contribution in [0.3, 0.4) is 0 Å². The van der Waals surface area contributed by atoms with Crippen molar-refractivity contribution in [2.24, 2.45) is 0 Å². The zero-order chi connectivity index (χ0) is 13.7. The highest BCUT2D eigenvalue weighted by Crippen LogP contribution is 2.11. The molecule has 2 aliphatic heterocycles. The van der Waals surface area contributed by atoms with Gasteiger partial charge in [0.2, 0.25) is 0 Å². The molecule has 0 amide bonds. The number of hydrogen-bond acceptors (Lipinski definition) is 7. The van der Waals surface area contributed by atoms with E-state index in [0.717, 1.165) is 13.2 Å². The normalized spacial score (nSPS) is 29.8. The fourth-order valence-electron chi connectivity index (χ4n) is 1.43. The maximum atomic E-state index is 9.51. The summed E-state index contributed by atoms with van der Waals surface area (Å²) >= 11 is 0. The third kappa shape index (κ3) is 6.62. The molecule has 2 saturated heterocycles. The van der Waals surface area contributed by atoms with Gasteiger partial charge in [-0.15, -0.1) is 0 Å². The molecule has 0 saturated carbocycles. The lowest BCUT2D eigenvalue weighted by molar-refractivity contribution is -0.204. The zero-order valence-electron chi connectivity index (χ0n) is 11.1. The van der Waals surface area contributed by atoms with Crippen LogP contribution in [0.15, 0.2) is 0 Å². The first kappa shape index (κ1) is 15.1. The molecule has 0 aromatic rings. The monoisotopic (exact) mass is 278 g/mol. The number of epoxide rings is 2. The lowest BCUT2D eigenvalue weighted by Crippen LogP contribution is -2.36. The van der Waals surface area contributed by atoms with Crippen molar-refractivity contribution in [3.63, 3.8) is 0 Å². The Bertz CT molecular complexity index is 234. The van der Waals surface area contributed by atoms with Crippen molar-refractivity contribution < 1.29 is 33.9 Å². The summed E-state index contributed by atoms with van der Waals surface area (Å²) in [5.41, 5.74) is 0. The van der Waals surface area contributed by atoms with Gasteiger partial charge in [-0.1, -0.05) is 0 Å². The standard InChI is InChI=1S/C12H22O7/c1-8(13)12(14)19-11(4-15-2-9-6-17-9)5-16-3-10-7-18-10/h8-14H,2-7H2,1H3. The Morgan fingerprint density at radius 1 is 1.05 bits per heavy atom. The largest absolute Gasteiger partial charge is 0.388 e. The van der Waals surface area contributed by atoms with Crippen LogP contribution in [0.1, 0.15) is 6.92 Å². The second kappa shape index (κ2) is 7.49. The smallest absolute Gasteiger partial charge is 0.181 e. The molecule has 7 nitrogen and oxygen atoms in total. The predicted molar refractivity (Wildman–Crippen MR) is 63.7 cm³/mol. The lowest BCUT2D eigenvalue weighted by atomic mass is 10.3. The average molecular weight is 278 g/mol. The van der Waals surface area contributed by atoms with E-state index >= 15 is 0 Å². The Morgan fingerprint density at radius 2 is 1.53 bits per heavy atom. The summed E-state index contributed by atoms with van der Waals surface area (Å²) in [5, 5.41) is 18.7. The SMILES string of the molecule is CC(O)C(O)OC(COCC1CO1)COCC1CO1. The number of hydrogen-bond donors (Lipinski definition) is 2. The van der Waals surface area contributed by atoms with Gasteiger partial charge in [0, 0.05) is 0 Å². The summed E-state index contributed by atoms with van der Waals surface area (Å²) in [6, 6.07) is 0. The van der Waals surface area contributed by atoms with Gasteiger partial charge in [0.15, 0.2) is 6.29 Å². The number of ether oxygens (including phenoxy) is 5. The molecule has 0 aromatic heterocycles. The Hall–Kier alpha value is -0.280. The fraction of sp³-hybridized carbons (Fsp3) is 1.00. The van der Waals surface area contributed by atoms with Gasteiger partial charge in [0.25, 0.3) is 0 Å². The van der Waals surface area contributed by atoms with Gasteiger partial charge in [0.05, 0.1) is 39.6 Å². The molecular formula is C12H22O7. The van der Waals surface area contributed by atoms with Crippen LogP contribution >= 0.6 is 0 Å². The van der Waals surface area contributed by atoms with Crippen molar-refractivity contribution in [3.05, 3.63) is 0 Å². The summed E-state index contributed by atoms with van der Waals surface area (Å²) in [4.78, 5) is 0. The average Bonchev–Trinajstić information content (AvgIpc) is 3.23. The fourth-order valence-corrected chi connectivity index (χ4v) is 1.43. The van der Waals surface area contributed by atoms with Crippen molar-refractivity contribution in [1.29, 1.82) is 0 Å². The molecule has 2 N–H and O–H groups in total. The maximum absolute atomic E-state index is 9.51. The highest BCUT2D eigenvalue weighted by atomic mass is 16.7. The maximum Gasteiger partial charge on any atom is 0.181 e. The Kier molecular flexibility index (Phi) is 5.96. The van der Waals surface area contributed by atoms with Crippen LogP contribution in [0.4, 0.5) is 0 Å². The van der Waals surface area contributed by atoms with E-state index in [1.54, 1.807) is 0 Å². The number of aliphatic hydroxyl groups excluding tert-OH is 2. The minimum atomic E-state index is -1.24. The molecule has 2 heterocycles. The third-order valence-corrected chi connectivity index (χ3v) is 2.76. The molecule has 0 radical (unpaired) electrons. The van der Waals surface area contributed by atoms with Crippen LogP contribution in [-0.4, -0.2) is 80.6 Å².